The van der Waals surface area contributed by atoms with Crippen molar-refractivity contribution in [1.29, 1.82) is 0 Å². The summed E-state index contributed by atoms with van der Waals surface area (Å²) < 4.78 is 31.5. The Hall–Kier alpha value is 1.27. The summed E-state index contributed by atoms with van der Waals surface area (Å²) in [6.45, 7) is 0. The fraction of sp³-hybridized carbons (Fsp3) is 0.500. The molecule has 0 fully saturated rings. The first-order valence-corrected chi connectivity index (χ1v) is 1.23. The number of hydrogen-bond donors (Lipinski definition) is 0. The molecule has 0 aliphatic rings. The van der Waals surface area contributed by atoms with Crippen molar-refractivity contribution in [3.63, 3.8) is 0 Å². The summed E-state index contributed by atoms with van der Waals surface area (Å²) in [7, 11) is 0. The molecule has 0 aliphatic carbocycles. The normalized spacial score (nSPS) is 8.78. The van der Waals surface area contributed by atoms with Crippen molar-refractivity contribution in [2.45, 2.75) is 6.18 Å². The van der Waals surface area contributed by atoms with E-state index in [4.69, 9.17) is 9.90 Å². The van der Waals surface area contributed by atoms with Crippen LogP contribution in [0.2, 0.25) is 0 Å². The van der Waals surface area contributed by atoms with E-state index in [1.807, 2.05) is 0 Å². The van der Waals surface area contributed by atoms with Gasteiger partial charge in [-0.05, 0) is 0 Å². The van der Waals surface area contributed by atoms with Gasteiger partial charge in [0.2, 0.25) is 0 Å². The summed E-state index contributed by atoms with van der Waals surface area (Å²) in [6, 6.07) is 0. The Morgan fingerprint density at radius 1 is 1.33 bits per heavy atom. The first-order valence-electron chi connectivity index (χ1n) is 1.23. The molecule has 0 aliphatic heterocycles. The minimum atomic E-state index is -5.19. The number of alkyl halides is 3. The van der Waals surface area contributed by atoms with E-state index in [9.17, 15) is 13.2 Å². The van der Waals surface area contributed by atoms with Gasteiger partial charge in [0.15, 0.2) is 0 Å². The number of carbonyl (C=O) groups is 1. The van der Waals surface area contributed by atoms with Gasteiger partial charge in [0, 0.05) is 0 Å². The molecule has 0 aromatic rings. The van der Waals surface area contributed by atoms with Gasteiger partial charge in [0.1, 0.15) is 5.97 Å². The predicted octanol–water partition coefficient (Wildman–Crippen LogP) is -4.52. The molecule has 3 nitrogen and oxygen atoms in total. The molecular weight excluding hydrogens is 262 g/mol. The average Bonchev–Trinajstić information content (AvgIpc) is 1.31. The Balaban J connectivity index is -0.000000180. The van der Waals surface area contributed by atoms with Gasteiger partial charge in [0.05, 0.1) is 0 Å². The Morgan fingerprint density at radius 3 is 1.44 bits per heavy atom. The average molecular weight is 264 g/mol. The first-order chi connectivity index (χ1) is 2.94. The molecule has 0 amide bonds. The molecule has 0 bridgehead atoms. The van der Waals surface area contributed by atoms with Crippen LogP contribution in [-0.2, 0) is 4.79 Å². The van der Waals surface area contributed by atoms with Crippen LogP contribution in [0.25, 0.3) is 0 Å². The summed E-state index contributed by atoms with van der Waals surface area (Å²) in [5.74, 6) is -3.01. The molecule has 0 heterocycles. The van der Waals surface area contributed by atoms with Crippen molar-refractivity contribution < 1.29 is 97.4 Å². The first kappa shape index (κ1) is 16.7. The van der Waals surface area contributed by atoms with Crippen LogP contribution in [0.5, 0.6) is 0 Å². The van der Waals surface area contributed by atoms with Crippen LogP contribution in [0.3, 0.4) is 0 Å². The SMILES string of the molecule is O.O=C([O-])C(F)(F)F.[Cs+]. The van der Waals surface area contributed by atoms with Crippen LogP contribution in [0, 0.1) is 0 Å². The summed E-state index contributed by atoms with van der Waals surface area (Å²) in [5, 5.41) is 8.78. The maximum Gasteiger partial charge on any atom is 1.00 e. The molecule has 0 spiro atoms. The van der Waals surface area contributed by atoms with Crippen molar-refractivity contribution in [2.75, 3.05) is 0 Å². The van der Waals surface area contributed by atoms with Crippen LogP contribution in [0.15, 0.2) is 0 Å². The smallest absolute Gasteiger partial charge is 0.542 e. The van der Waals surface area contributed by atoms with E-state index in [0.717, 1.165) is 0 Å². The Bertz CT molecular complexity index is 89.5. The maximum absolute atomic E-state index is 10.5. The topological polar surface area (TPSA) is 71.6 Å². The number of aliphatic carboxylic acids is 1. The van der Waals surface area contributed by atoms with Crippen molar-refractivity contribution >= 4 is 5.97 Å². The Labute approximate surface area is 107 Å². The van der Waals surface area contributed by atoms with Crippen LogP contribution in [0.1, 0.15) is 0 Å². The van der Waals surface area contributed by atoms with Crippen LogP contribution < -0.4 is 74.0 Å². The van der Waals surface area contributed by atoms with Gasteiger partial charge in [-0.1, -0.05) is 0 Å². The van der Waals surface area contributed by atoms with E-state index >= 15 is 0 Å². The molecule has 0 saturated carbocycles. The predicted molar refractivity (Wildman–Crippen MR) is 14.7 cm³/mol. The van der Waals surface area contributed by atoms with Crippen LogP contribution in [-0.4, -0.2) is 17.6 Å². The second-order valence-corrected chi connectivity index (χ2v) is 0.785. The van der Waals surface area contributed by atoms with Gasteiger partial charge in [0.25, 0.3) is 0 Å². The zero-order chi connectivity index (χ0) is 6.08. The fourth-order valence-corrected chi connectivity index (χ4v) is 0. The van der Waals surface area contributed by atoms with E-state index in [2.05, 4.69) is 0 Å². The summed E-state index contributed by atoms with van der Waals surface area (Å²) >= 11 is 0. The summed E-state index contributed by atoms with van der Waals surface area (Å²) in [5.41, 5.74) is 0. The second-order valence-electron chi connectivity index (χ2n) is 0.785. The molecule has 50 valence electrons. The standard InChI is InChI=1S/C2HF3O2.Cs.H2O/c3-2(4,5)1(6)7;;/h(H,6,7);;1H2/q;+1;/p-1. The number of carbonyl (C=O) groups excluding carboxylic acids is 1. The molecule has 0 radical (unpaired) electrons. The minimum Gasteiger partial charge on any atom is -0.542 e. The zero-order valence-electron chi connectivity index (χ0n) is 4.45. The van der Waals surface area contributed by atoms with Gasteiger partial charge in [-0.15, -0.1) is 0 Å². The van der Waals surface area contributed by atoms with Crippen molar-refractivity contribution in [2.24, 2.45) is 0 Å². The second kappa shape index (κ2) is 6.01. The van der Waals surface area contributed by atoms with Gasteiger partial charge < -0.3 is 15.4 Å². The van der Waals surface area contributed by atoms with E-state index in [0.29, 0.717) is 0 Å². The Kier molecular flexibility index (Phi) is 11.2. The van der Waals surface area contributed by atoms with E-state index in [1.54, 1.807) is 0 Å². The number of carboxylic acid groups (broad SMARTS) is 1. The number of rotatable bonds is 0. The number of hydrogen-bond acceptors (Lipinski definition) is 2. The van der Waals surface area contributed by atoms with Gasteiger partial charge in [-0.2, -0.15) is 13.2 Å². The molecule has 9 heavy (non-hydrogen) atoms. The molecule has 0 rings (SSSR count). The maximum atomic E-state index is 10.5. The zero-order valence-corrected chi connectivity index (χ0v) is 10.7. The van der Waals surface area contributed by atoms with E-state index in [1.165, 1.54) is 0 Å². The quantitative estimate of drug-likeness (QED) is 0.442. The molecule has 0 aromatic carbocycles. The largest absolute Gasteiger partial charge is 1.00 e. The van der Waals surface area contributed by atoms with Crippen molar-refractivity contribution in [3.05, 3.63) is 0 Å². The third-order valence-corrected chi connectivity index (χ3v) is 0.231. The molecule has 7 heteroatoms. The number of carboxylic acids is 1. The minimum absolute atomic E-state index is 0. The number of halogens is 3. The molecule has 0 unspecified atom stereocenters. The molecule has 0 saturated heterocycles. The Morgan fingerprint density at radius 2 is 1.44 bits per heavy atom. The fourth-order valence-electron chi connectivity index (χ4n) is 0. The van der Waals surface area contributed by atoms with Gasteiger partial charge in [-0.3, -0.25) is 0 Å². The summed E-state index contributed by atoms with van der Waals surface area (Å²) in [6.07, 6.45) is -5.19. The monoisotopic (exact) mass is 264 g/mol. The van der Waals surface area contributed by atoms with E-state index < -0.39 is 12.1 Å². The third-order valence-electron chi connectivity index (χ3n) is 0.231. The third kappa shape index (κ3) is 9.27. The summed E-state index contributed by atoms with van der Waals surface area (Å²) in [4.78, 5) is 8.78. The van der Waals surface area contributed by atoms with Crippen molar-refractivity contribution in [1.82, 2.24) is 0 Å². The van der Waals surface area contributed by atoms with Crippen LogP contribution in [0.4, 0.5) is 13.2 Å². The van der Waals surface area contributed by atoms with Gasteiger partial charge in [-0.25, -0.2) is 0 Å². The van der Waals surface area contributed by atoms with Crippen LogP contribution >= 0.6 is 0 Å². The molecule has 0 atom stereocenters. The molecular formula is C2H2CsF3O3. The van der Waals surface area contributed by atoms with Crippen molar-refractivity contribution in [3.8, 4) is 0 Å². The molecule has 2 N–H and O–H groups in total. The van der Waals surface area contributed by atoms with Gasteiger partial charge >= 0.3 is 75.1 Å². The van der Waals surface area contributed by atoms with E-state index in [-0.39, 0.29) is 74.4 Å². The molecule has 0 aromatic heterocycles.